The first-order valence-corrected chi connectivity index (χ1v) is 5.43. The van der Waals surface area contributed by atoms with Gasteiger partial charge in [0.15, 0.2) is 5.65 Å². The predicted molar refractivity (Wildman–Crippen MR) is 61.2 cm³/mol. The molecule has 15 heavy (non-hydrogen) atoms. The fraction of sp³-hybridized carbons (Fsp3) is 0.500. The van der Waals surface area contributed by atoms with E-state index in [-0.39, 0.29) is 0 Å². The Bertz CT molecular complexity index is 469. The second-order valence-corrected chi connectivity index (χ2v) is 4.52. The van der Waals surface area contributed by atoms with Crippen LogP contribution < -0.4 is 0 Å². The molecule has 0 fully saturated rings. The van der Waals surface area contributed by atoms with Crippen molar-refractivity contribution in [2.75, 3.05) is 0 Å². The number of hydrogen-bond donors (Lipinski definition) is 0. The summed E-state index contributed by atoms with van der Waals surface area (Å²) >= 11 is 0. The summed E-state index contributed by atoms with van der Waals surface area (Å²) in [5.74, 6) is 1.01. The van der Waals surface area contributed by atoms with Gasteiger partial charge < -0.3 is 0 Å². The highest BCUT2D eigenvalue weighted by molar-refractivity contribution is 5.53. The van der Waals surface area contributed by atoms with Crippen LogP contribution >= 0.6 is 0 Å². The van der Waals surface area contributed by atoms with Crippen molar-refractivity contribution in [3.05, 3.63) is 29.7 Å². The first kappa shape index (κ1) is 10.1. The number of fused-ring (bicyclic) bond motifs is 1. The molecule has 0 bridgehead atoms. The molecule has 3 nitrogen and oxygen atoms in total. The third-order valence-electron chi connectivity index (χ3n) is 2.72. The summed E-state index contributed by atoms with van der Waals surface area (Å²) < 4.78 is 1.85. The molecule has 0 unspecified atom stereocenters. The van der Waals surface area contributed by atoms with Crippen molar-refractivity contribution in [3.63, 3.8) is 0 Å². The molecule has 0 N–H and O–H groups in total. The smallest absolute Gasteiger partial charge is 0.158 e. The van der Waals surface area contributed by atoms with Gasteiger partial charge in [0.1, 0.15) is 6.33 Å². The molecule has 3 heteroatoms. The summed E-state index contributed by atoms with van der Waals surface area (Å²) in [6.45, 7) is 8.84. The Labute approximate surface area is 90.1 Å². The van der Waals surface area contributed by atoms with Gasteiger partial charge in [-0.2, -0.15) is 5.10 Å². The average molecular weight is 203 g/mol. The van der Waals surface area contributed by atoms with Crippen LogP contribution in [0.2, 0.25) is 0 Å². The lowest BCUT2D eigenvalue weighted by Gasteiger charge is -2.16. The van der Waals surface area contributed by atoms with Gasteiger partial charge >= 0.3 is 0 Å². The van der Waals surface area contributed by atoms with Gasteiger partial charge in [-0.15, -0.1) is 0 Å². The van der Waals surface area contributed by atoms with Crippen LogP contribution in [0.15, 0.2) is 18.6 Å². The molecule has 0 aromatic carbocycles. The monoisotopic (exact) mass is 203 g/mol. The molecule has 0 saturated heterocycles. The van der Waals surface area contributed by atoms with Crippen molar-refractivity contribution in [1.29, 1.82) is 0 Å². The lowest BCUT2D eigenvalue weighted by molar-refractivity contribution is 0.780. The summed E-state index contributed by atoms with van der Waals surface area (Å²) in [4.78, 5) is 4.33. The number of rotatable bonds is 2. The van der Waals surface area contributed by atoms with Crippen molar-refractivity contribution < 1.29 is 0 Å². The first-order chi connectivity index (χ1) is 7.11. The molecule has 80 valence electrons. The minimum Gasteiger partial charge on any atom is -0.221 e. The quantitative estimate of drug-likeness (QED) is 0.751. The van der Waals surface area contributed by atoms with Gasteiger partial charge in [-0.05, 0) is 23.5 Å². The second kappa shape index (κ2) is 3.65. The van der Waals surface area contributed by atoms with Crippen molar-refractivity contribution in [2.45, 2.75) is 39.5 Å². The standard InChI is InChI=1S/C12H17N3/c1-8(2)10-5-6-15-12(13-7-14-15)11(10)9(3)4/h5-9H,1-4H3. The molecule has 2 rings (SSSR count). The number of hydrogen-bond acceptors (Lipinski definition) is 2. The first-order valence-electron chi connectivity index (χ1n) is 5.43. The third kappa shape index (κ3) is 1.62. The zero-order valence-corrected chi connectivity index (χ0v) is 9.73. The summed E-state index contributed by atoms with van der Waals surface area (Å²) in [6, 6.07) is 2.15. The van der Waals surface area contributed by atoms with Crippen LogP contribution in [-0.2, 0) is 0 Å². The largest absolute Gasteiger partial charge is 0.221 e. The van der Waals surface area contributed by atoms with E-state index in [9.17, 15) is 0 Å². The van der Waals surface area contributed by atoms with Crippen LogP contribution in [0.25, 0.3) is 5.65 Å². The van der Waals surface area contributed by atoms with E-state index in [4.69, 9.17) is 0 Å². The summed E-state index contributed by atoms with van der Waals surface area (Å²) in [7, 11) is 0. The lowest BCUT2D eigenvalue weighted by atomic mass is 9.92. The molecule has 0 amide bonds. The van der Waals surface area contributed by atoms with Gasteiger partial charge in [0, 0.05) is 11.8 Å². The molecule has 0 aliphatic heterocycles. The Balaban J connectivity index is 2.75. The minimum absolute atomic E-state index is 0.482. The topological polar surface area (TPSA) is 30.2 Å². The molecule has 0 aliphatic rings. The number of pyridine rings is 1. The molecule has 0 spiro atoms. The molecular weight excluding hydrogens is 186 g/mol. The Morgan fingerprint density at radius 3 is 2.47 bits per heavy atom. The molecule has 0 radical (unpaired) electrons. The van der Waals surface area contributed by atoms with E-state index in [1.165, 1.54) is 11.1 Å². The van der Waals surface area contributed by atoms with E-state index in [1.807, 2.05) is 10.7 Å². The van der Waals surface area contributed by atoms with E-state index in [0.29, 0.717) is 11.8 Å². The van der Waals surface area contributed by atoms with Crippen LogP contribution in [0, 0.1) is 0 Å². The van der Waals surface area contributed by atoms with E-state index in [1.54, 1.807) is 6.33 Å². The highest BCUT2D eigenvalue weighted by Gasteiger charge is 2.14. The fourth-order valence-electron chi connectivity index (χ4n) is 2.02. The second-order valence-electron chi connectivity index (χ2n) is 4.52. The fourth-order valence-corrected chi connectivity index (χ4v) is 2.02. The number of aromatic nitrogens is 3. The Morgan fingerprint density at radius 1 is 1.13 bits per heavy atom. The van der Waals surface area contributed by atoms with Crippen molar-refractivity contribution in [3.8, 4) is 0 Å². The van der Waals surface area contributed by atoms with Gasteiger partial charge in [0.25, 0.3) is 0 Å². The van der Waals surface area contributed by atoms with Gasteiger partial charge in [0.2, 0.25) is 0 Å². The Kier molecular flexibility index (Phi) is 2.47. The molecular formula is C12H17N3. The summed E-state index contributed by atoms with van der Waals surface area (Å²) in [5.41, 5.74) is 3.70. The predicted octanol–water partition coefficient (Wildman–Crippen LogP) is 2.98. The van der Waals surface area contributed by atoms with Gasteiger partial charge in [-0.25, -0.2) is 9.50 Å². The molecule has 0 saturated carbocycles. The van der Waals surface area contributed by atoms with E-state index in [2.05, 4.69) is 43.8 Å². The van der Waals surface area contributed by atoms with Crippen LogP contribution in [0.3, 0.4) is 0 Å². The number of nitrogens with zero attached hydrogens (tertiary/aromatic N) is 3. The van der Waals surface area contributed by atoms with Gasteiger partial charge in [-0.1, -0.05) is 27.7 Å². The van der Waals surface area contributed by atoms with Crippen molar-refractivity contribution in [2.24, 2.45) is 0 Å². The normalized spacial score (nSPS) is 11.9. The zero-order chi connectivity index (χ0) is 11.0. The summed E-state index contributed by atoms with van der Waals surface area (Å²) in [6.07, 6.45) is 3.61. The average Bonchev–Trinajstić information content (AvgIpc) is 2.62. The Morgan fingerprint density at radius 2 is 1.87 bits per heavy atom. The van der Waals surface area contributed by atoms with Crippen molar-refractivity contribution >= 4 is 5.65 Å². The highest BCUT2D eigenvalue weighted by Crippen LogP contribution is 2.28. The maximum Gasteiger partial charge on any atom is 0.158 e. The van der Waals surface area contributed by atoms with Crippen LogP contribution in [-0.4, -0.2) is 14.6 Å². The van der Waals surface area contributed by atoms with E-state index >= 15 is 0 Å². The SMILES string of the molecule is CC(C)c1ccn2ncnc2c1C(C)C. The third-order valence-corrected chi connectivity index (χ3v) is 2.72. The van der Waals surface area contributed by atoms with Crippen LogP contribution in [0.5, 0.6) is 0 Å². The molecule has 2 heterocycles. The zero-order valence-electron chi connectivity index (χ0n) is 9.73. The minimum atomic E-state index is 0.482. The summed E-state index contributed by atoms with van der Waals surface area (Å²) in [5, 5.41) is 4.17. The Hall–Kier alpha value is -1.38. The molecule has 0 aliphatic carbocycles. The van der Waals surface area contributed by atoms with Gasteiger partial charge in [-0.3, -0.25) is 0 Å². The van der Waals surface area contributed by atoms with E-state index < -0.39 is 0 Å². The van der Waals surface area contributed by atoms with Crippen LogP contribution in [0.1, 0.15) is 50.7 Å². The maximum absolute atomic E-state index is 4.33. The van der Waals surface area contributed by atoms with Crippen molar-refractivity contribution in [1.82, 2.24) is 14.6 Å². The maximum atomic E-state index is 4.33. The van der Waals surface area contributed by atoms with Crippen LogP contribution in [0.4, 0.5) is 0 Å². The van der Waals surface area contributed by atoms with E-state index in [0.717, 1.165) is 5.65 Å². The molecule has 2 aromatic heterocycles. The molecule has 2 aromatic rings. The highest BCUT2D eigenvalue weighted by atomic mass is 15.3. The molecule has 0 atom stereocenters. The lowest BCUT2D eigenvalue weighted by Crippen LogP contribution is -2.03. The van der Waals surface area contributed by atoms with Gasteiger partial charge in [0.05, 0.1) is 0 Å².